The smallest absolute Gasteiger partial charge is 0.107 e. The first-order valence-corrected chi connectivity index (χ1v) is 6.95. The fourth-order valence-corrected chi connectivity index (χ4v) is 3.37. The highest BCUT2D eigenvalue weighted by atomic mass is 16.3. The van der Waals surface area contributed by atoms with Crippen molar-refractivity contribution in [2.24, 2.45) is 0 Å². The molecule has 1 N–H and O–H groups in total. The average molecular weight is 264 g/mol. The molecule has 1 aliphatic rings. The van der Waals surface area contributed by atoms with E-state index in [4.69, 9.17) is 0 Å². The molecular weight excluding hydrogens is 248 g/mol. The number of nitrogens with zero attached hydrogens (tertiary/aromatic N) is 2. The largest absolute Gasteiger partial charge is 0.386 e. The van der Waals surface area contributed by atoms with Crippen molar-refractivity contribution in [3.63, 3.8) is 0 Å². The van der Waals surface area contributed by atoms with Gasteiger partial charge < -0.3 is 9.67 Å². The van der Waals surface area contributed by atoms with E-state index in [1.54, 1.807) is 0 Å². The van der Waals surface area contributed by atoms with Crippen LogP contribution in [0.3, 0.4) is 0 Å². The second kappa shape index (κ2) is 4.18. The van der Waals surface area contributed by atoms with E-state index in [2.05, 4.69) is 21.7 Å². The Labute approximate surface area is 117 Å². The van der Waals surface area contributed by atoms with Gasteiger partial charge in [0.1, 0.15) is 11.9 Å². The molecule has 2 unspecified atom stereocenters. The number of imidazole rings is 1. The predicted octanol–water partition coefficient (Wildman–Crippen LogP) is 3.18. The van der Waals surface area contributed by atoms with Crippen LogP contribution in [0.15, 0.2) is 48.5 Å². The van der Waals surface area contributed by atoms with Gasteiger partial charge in [-0.15, -0.1) is 0 Å². The number of aryl methyl sites for hydroxylation is 1. The summed E-state index contributed by atoms with van der Waals surface area (Å²) in [4.78, 5) is 4.61. The van der Waals surface area contributed by atoms with Gasteiger partial charge in [0, 0.05) is 0 Å². The maximum atomic E-state index is 10.6. The zero-order chi connectivity index (χ0) is 13.7. The lowest BCUT2D eigenvalue weighted by Crippen LogP contribution is -2.15. The molecule has 3 nitrogen and oxygen atoms in total. The molecule has 0 saturated heterocycles. The second-order valence-corrected chi connectivity index (χ2v) is 5.43. The normalized spacial score (nSPS) is 21.3. The minimum Gasteiger partial charge on any atom is -0.386 e. The Bertz CT molecular complexity index is 791. The summed E-state index contributed by atoms with van der Waals surface area (Å²) in [7, 11) is 0. The quantitative estimate of drug-likeness (QED) is 0.733. The number of hydrogen-bond acceptors (Lipinski definition) is 2. The van der Waals surface area contributed by atoms with Gasteiger partial charge in [0.25, 0.3) is 0 Å². The highest BCUT2D eigenvalue weighted by Crippen LogP contribution is 2.41. The van der Waals surface area contributed by atoms with Crippen molar-refractivity contribution in [2.45, 2.75) is 25.5 Å². The van der Waals surface area contributed by atoms with E-state index in [9.17, 15) is 5.11 Å². The highest BCUT2D eigenvalue weighted by molar-refractivity contribution is 5.76. The van der Waals surface area contributed by atoms with Gasteiger partial charge in [-0.2, -0.15) is 0 Å². The molecule has 20 heavy (non-hydrogen) atoms. The molecule has 3 aromatic rings. The van der Waals surface area contributed by atoms with Crippen LogP contribution in [0.4, 0.5) is 0 Å². The summed E-state index contributed by atoms with van der Waals surface area (Å²) in [6, 6.07) is 16.3. The molecule has 0 amide bonds. The number of benzene rings is 2. The summed E-state index contributed by atoms with van der Waals surface area (Å²) >= 11 is 0. The van der Waals surface area contributed by atoms with Crippen molar-refractivity contribution in [3.05, 3.63) is 65.5 Å². The van der Waals surface area contributed by atoms with Gasteiger partial charge in [0.2, 0.25) is 0 Å². The van der Waals surface area contributed by atoms with Gasteiger partial charge in [-0.05, 0) is 36.6 Å². The number of rotatable bonds is 1. The van der Waals surface area contributed by atoms with Crippen LogP contribution in [0.5, 0.6) is 0 Å². The lowest BCUT2D eigenvalue weighted by molar-refractivity contribution is 0.128. The summed E-state index contributed by atoms with van der Waals surface area (Å²) < 4.78 is 2.18. The third-order valence-electron chi connectivity index (χ3n) is 4.27. The van der Waals surface area contributed by atoms with Gasteiger partial charge in [0.15, 0.2) is 0 Å². The van der Waals surface area contributed by atoms with Crippen molar-refractivity contribution >= 4 is 11.0 Å². The summed E-state index contributed by atoms with van der Waals surface area (Å²) in [5.41, 5.74) is 4.38. The second-order valence-electron chi connectivity index (χ2n) is 5.43. The van der Waals surface area contributed by atoms with E-state index in [0.717, 1.165) is 28.8 Å². The number of aliphatic hydroxyl groups is 1. The molecule has 2 aromatic carbocycles. The number of aliphatic hydroxyl groups excluding tert-OH is 1. The molecule has 1 aliphatic carbocycles. The Morgan fingerprint density at radius 2 is 1.85 bits per heavy atom. The van der Waals surface area contributed by atoms with Crippen LogP contribution in [0, 0.1) is 6.92 Å². The zero-order valence-electron chi connectivity index (χ0n) is 11.3. The molecule has 3 heteroatoms. The Kier molecular flexibility index (Phi) is 2.44. The van der Waals surface area contributed by atoms with E-state index in [0.29, 0.717) is 0 Å². The van der Waals surface area contributed by atoms with Crippen LogP contribution in [0.2, 0.25) is 0 Å². The molecular formula is C17H16N2O. The predicted molar refractivity (Wildman–Crippen MR) is 78.6 cm³/mol. The van der Waals surface area contributed by atoms with Crippen LogP contribution in [-0.2, 0) is 6.42 Å². The van der Waals surface area contributed by atoms with Gasteiger partial charge in [0.05, 0.1) is 17.1 Å². The highest BCUT2D eigenvalue weighted by Gasteiger charge is 2.33. The molecule has 4 rings (SSSR count). The first-order chi connectivity index (χ1) is 9.75. The summed E-state index contributed by atoms with van der Waals surface area (Å²) in [5, 5.41) is 10.6. The first kappa shape index (κ1) is 11.7. The maximum absolute atomic E-state index is 10.6. The molecule has 2 atom stereocenters. The SMILES string of the molecule is Cc1nc2ccccc2n1C1Cc2ccccc2C1O. The van der Waals surface area contributed by atoms with Crippen LogP contribution in [-0.4, -0.2) is 14.7 Å². The van der Waals surface area contributed by atoms with Crippen LogP contribution in [0.25, 0.3) is 11.0 Å². The van der Waals surface area contributed by atoms with E-state index in [1.165, 1.54) is 5.56 Å². The molecule has 0 radical (unpaired) electrons. The third kappa shape index (κ3) is 1.53. The fraction of sp³-hybridized carbons (Fsp3) is 0.235. The monoisotopic (exact) mass is 264 g/mol. The lowest BCUT2D eigenvalue weighted by atomic mass is 10.1. The van der Waals surface area contributed by atoms with Gasteiger partial charge >= 0.3 is 0 Å². The van der Waals surface area contributed by atoms with E-state index < -0.39 is 6.10 Å². The molecule has 0 fully saturated rings. The fourth-order valence-electron chi connectivity index (χ4n) is 3.37. The van der Waals surface area contributed by atoms with Crippen LogP contribution in [0.1, 0.15) is 29.1 Å². The average Bonchev–Trinajstić information content (AvgIpc) is 2.96. The first-order valence-electron chi connectivity index (χ1n) is 6.95. The van der Waals surface area contributed by atoms with Crippen LogP contribution >= 0.6 is 0 Å². The van der Waals surface area contributed by atoms with Crippen LogP contribution < -0.4 is 0 Å². The minimum atomic E-state index is -0.456. The Balaban J connectivity index is 1.88. The van der Waals surface area contributed by atoms with Crippen molar-refractivity contribution in [2.75, 3.05) is 0 Å². The number of aromatic nitrogens is 2. The number of hydrogen-bond donors (Lipinski definition) is 1. The van der Waals surface area contributed by atoms with Gasteiger partial charge in [-0.1, -0.05) is 36.4 Å². The standard InChI is InChI=1S/C17H16N2O/c1-11-18-14-8-4-5-9-15(14)19(11)16-10-12-6-2-3-7-13(12)17(16)20/h2-9,16-17,20H,10H2,1H3. The van der Waals surface area contributed by atoms with Gasteiger partial charge in [-0.25, -0.2) is 4.98 Å². The number of para-hydroxylation sites is 2. The molecule has 0 bridgehead atoms. The molecule has 1 aromatic heterocycles. The zero-order valence-corrected chi connectivity index (χ0v) is 11.3. The Morgan fingerprint density at radius 1 is 1.10 bits per heavy atom. The molecule has 0 aliphatic heterocycles. The van der Waals surface area contributed by atoms with Crippen molar-refractivity contribution in [1.29, 1.82) is 0 Å². The summed E-state index contributed by atoms with van der Waals surface area (Å²) in [6.45, 7) is 2.01. The van der Waals surface area contributed by atoms with Crippen molar-refractivity contribution in [3.8, 4) is 0 Å². The number of fused-ring (bicyclic) bond motifs is 2. The van der Waals surface area contributed by atoms with E-state index >= 15 is 0 Å². The molecule has 0 spiro atoms. The Hall–Kier alpha value is -2.13. The van der Waals surface area contributed by atoms with Crippen molar-refractivity contribution < 1.29 is 5.11 Å². The summed E-state index contributed by atoms with van der Waals surface area (Å²) in [6.07, 6.45) is 0.404. The Morgan fingerprint density at radius 3 is 2.70 bits per heavy atom. The maximum Gasteiger partial charge on any atom is 0.107 e. The topological polar surface area (TPSA) is 38.0 Å². The molecule has 1 heterocycles. The van der Waals surface area contributed by atoms with Gasteiger partial charge in [-0.3, -0.25) is 0 Å². The van der Waals surface area contributed by atoms with E-state index in [1.807, 2.05) is 43.3 Å². The molecule has 0 saturated carbocycles. The minimum absolute atomic E-state index is 0.0415. The van der Waals surface area contributed by atoms with E-state index in [-0.39, 0.29) is 6.04 Å². The van der Waals surface area contributed by atoms with Crippen molar-refractivity contribution in [1.82, 2.24) is 9.55 Å². The molecule has 100 valence electrons. The lowest BCUT2D eigenvalue weighted by Gasteiger charge is -2.19. The summed E-state index contributed by atoms with van der Waals surface area (Å²) in [5.74, 6) is 0.961. The third-order valence-corrected chi connectivity index (χ3v) is 4.27.